The molecule has 2 aromatic heterocycles. The number of carbonyl (C=O) groups is 1. The van der Waals surface area contributed by atoms with E-state index in [1.54, 1.807) is 18.2 Å². The molecule has 1 aliphatic rings. The smallest absolute Gasteiger partial charge is 0.303 e. The Bertz CT molecular complexity index is 1920. The van der Waals surface area contributed by atoms with E-state index in [-0.39, 0.29) is 17.0 Å². The third-order valence-corrected chi connectivity index (χ3v) is 7.57. The molecular weight excluding hydrogens is 568 g/mol. The van der Waals surface area contributed by atoms with Gasteiger partial charge in [0.25, 0.3) is 5.56 Å². The first-order valence-electron chi connectivity index (χ1n) is 13.3. The predicted octanol–water partition coefficient (Wildman–Crippen LogP) is 6.03. The average Bonchev–Trinajstić information content (AvgIpc) is 3.56. The standard InChI is InChI=1S/C30H24ClF2N5O4/c1-30(29-35-23-13-20(31)21(33)14-24(23)36-29)15-25(37-42-30)16-6-11-19-22(12-16)34-26(4-2-3-5-27(39)40)38(28(19)41)18-9-7-17(32)8-10-18/h6-14H,2-5,15H2,1H3,(H,35,36)(H,39,40). The van der Waals surface area contributed by atoms with Gasteiger partial charge in [-0.3, -0.25) is 14.2 Å². The zero-order valence-corrected chi connectivity index (χ0v) is 23.1. The van der Waals surface area contributed by atoms with Gasteiger partial charge in [0.1, 0.15) is 17.5 Å². The van der Waals surface area contributed by atoms with E-state index in [0.717, 1.165) is 0 Å². The van der Waals surface area contributed by atoms with Crippen LogP contribution in [-0.4, -0.2) is 36.3 Å². The number of hydrogen-bond acceptors (Lipinski definition) is 6. The maximum Gasteiger partial charge on any atom is 0.303 e. The number of H-pyrrole nitrogens is 1. The number of fused-ring (bicyclic) bond motifs is 2. The second-order valence-electron chi connectivity index (χ2n) is 10.4. The van der Waals surface area contributed by atoms with Crippen molar-refractivity contribution in [2.45, 2.75) is 44.6 Å². The number of nitrogens with zero attached hydrogens (tertiary/aromatic N) is 4. The summed E-state index contributed by atoms with van der Waals surface area (Å²) in [4.78, 5) is 42.9. The number of aliphatic carboxylic acids is 1. The van der Waals surface area contributed by atoms with Gasteiger partial charge in [0.05, 0.1) is 38.4 Å². The molecule has 0 aliphatic carbocycles. The highest BCUT2D eigenvalue weighted by Crippen LogP contribution is 2.36. The molecule has 3 aromatic carbocycles. The molecule has 2 N–H and O–H groups in total. The molecule has 9 nitrogen and oxygen atoms in total. The highest BCUT2D eigenvalue weighted by Gasteiger charge is 2.40. The summed E-state index contributed by atoms with van der Waals surface area (Å²) < 4.78 is 29.0. The molecule has 3 heterocycles. The number of aromatic nitrogens is 4. The largest absolute Gasteiger partial charge is 0.481 e. The molecular formula is C30H24ClF2N5O4. The lowest BCUT2D eigenvalue weighted by Crippen LogP contribution is -2.25. The monoisotopic (exact) mass is 591 g/mol. The Labute approximate surface area is 242 Å². The van der Waals surface area contributed by atoms with Gasteiger partial charge in [-0.15, -0.1) is 0 Å². The van der Waals surface area contributed by atoms with Crippen molar-refractivity contribution in [1.82, 2.24) is 19.5 Å². The Kier molecular flexibility index (Phi) is 6.97. The highest BCUT2D eigenvalue weighted by molar-refractivity contribution is 6.31. The second-order valence-corrected chi connectivity index (χ2v) is 10.8. The first-order chi connectivity index (χ1) is 20.1. The fraction of sp³-hybridized carbons (Fsp3) is 0.233. The number of benzene rings is 3. The van der Waals surface area contributed by atoms with Crippen LogP contribution < -0.4 is 5.56 Å². The van der Waals surface area contributed by atoms with Crippen LogP contribution in [0.25, 0.3) is 27.6 Å². The number of carboxylic acids is 1. The number of hydrogen-bond donors (Lipinski definition) is 2. The van der Waals surface area contributed by atoms with E-state index in [0.29, 0.717) is 76.2 Å². The average molecular weight is 592 g/mol. The Morgan fingerprint density at radius 3 is 2.64 bits per heavy atom. The molecule has 12 heteroatoms. The first kappa shape index (κ1) is 27.5. The van der Waals surface area contributed by atoms with Crippen molar-refractivity contribution in [2.75, 3.05) is 0 Å². The molecule has 0 saturated carbocycles. The van der Waals surface area contributed by atoms with Gasteiger partial charge < -0.3 is 14.9 Å². The molecule has 0 amide bonds. The van der Waals surface area contributed by atoms with Crippen molar-refractivity contribution >= 4 is 45.2 Å². The molecule has 1 unspecified atom stereocenters. The van der Waals surface area contributed by atoms with Gasteiger partial charge in [0.15, 0.2) is 11.4 Å². The summed E-state index contributed by atoms with van der Waals surface area (Å²) in [6, 6.07) is 13.5. The topological polar surface area (TPSA) is 122 Å². The number of rotatable bonds is 8. The van der Waals surface area contributed by atoms with Gasteiger partial charge >= 0.3 is 5.97 Å². The zero-order valence-electron chi connectivity index (χ0n) is 22.3. The minimum absolute atomic E-state index is 0.00428. The number of aryl methyl sites for hydroxylation is 1. The van der Waals surface area contributed by atoms with Crippen molar-refractivity contribution in [3.8, 4) is 5.69 Å². The third kappa shape index (κ3) is 5.11. The van der Waals surface area contributed by atoms with Crippen LogP contribution in [0, 0.1) is 11.6 Å². The Morgan fingerprint density at radius 1 is 1.10 bits per heavy atom. The van der Waals surface area contributed by atoms with E-state index in [2.05, 4.69) is 15.1 Å². The molecule has 0 saturated heterocycles. The van der Waals surface area contributed by atoms with Crippen LogP contribution in [0.1, 0.15) is 49.8 Å². The highest BCUT2D eigenvalue weighted by atomic mass is 35.5. The minimum Gasteiger partial charge on any atom is -0.481 e. The molecule has 5 aromatic rings. The lowest BCUT2D eigenvalue weighted by Gasteiger charge is -2.18. The third-order valence-electron chi connectivity index (χ3n) is 7.28. The summed E-state index contributed by atoms with van der Waals surface area (Å²) in [5.74, 6) is -0.991. The second kappa shape index (κ2) is 10.6. The summed E-state index contributed by atoms with van der Waals surface area (Å²) in [5, 5.41) is 13.6. The van der Waals surface area contributed by atoms with Crippen LogP contribution >= 0.6 is 11.6 Å². The maximum absolute atomic E-state index is 14.0. The van der Waals surface area contributed by atoms with Crippen LogP contribution in [0.4, 0.5) is 8.78 Å². The van der Waals surface area contributed by atoms with Crippen LogP contribution in [0.15, 0.2) is 64.5 Å². The van der Waals surface area contributed by atoms with Gasteiger partial charge in [0, 0.05) is 30.9 Å². The van der Waals surface area contributed by atoms with Gasteiger partial charge in [-0.1, -0.05) is 22.8 Å². The van der Waals surface area contributed by atoms with Crippen molar-refractivity contribution in [1.29, 1.82) is 0 Å². The lowest BCUT2D eigenvalue weighted by molar-refractivity contribution is -0.137. The zero-order chi connectivity index (χ0) is 29.6. The van der Waals surface area contributed by atoms with Crippen LogP contribution in [0.3, 0.4) is 0 Å². The number of unbranched alkanes of at least 4 members (excludes halogenated alkanes) is 1. The van der Waals surface area contributed by atoms with Crippen molar-refractivity contribution in [3.63, 3.8) is 0 Å². The minimum atomic E-state index is -0.957. The van der Waals surface area contributed by atoms with E-state index in [4.69, 9.17) is 26.5 Å². The fourth-order valence-corrected chi connectivity index (χ4v) is 5.23. The normalized spacial score (nSPS) is 16.6. The number of carboxylic acid groups (broad SMARTS) is 1. The lowest BCUT2D eigenvalue weighted by atomic mass is 9.95. The SMILES string of the molecule is CC1(c2nc3cc(Cl)c(F)cc3[nH]2)CC(c2ccc3c(=O)n(-c4ccc(F)cc4)c(CCCCC(=O)O)nc3c2)=NO1. The van der Waals surface area contributed by atoms with Gasteiger partial charge in [-0.05, 0) is 62.2 Å². The molecule has 1 aliphatic heterocycles. The Balaban J connectivity index is 1.34. The molecule has 6 rings (SSSR count). The summed E-state index contributed by atoms with van der Waals surface area (Å²) in [7, 11) is 0. The van der Waals surface area contributed by atoms with Crippen molar-refractivity contribution in [2.24, 2.45) is 5.16 Å². The first-order valence-corrected chi connectivity index (χ1v) is 13.6. The number of halogens is 3. The van der Waals surface area contributed by atoms with Crippen LogP contribution in [0.2, 0.25) is 5.02 Å². The predicted molar refractivity (Wildman–Crippen MR) is 153 cm³/mol. The van der Waals surface area contributed by atoms with Gasteiger partial charge in [-0.25, -0.2) is 18.7 Å². The van der Waals surface area contributed by atoms with E-state index in [9.17, 15) is 18.4 Å². The number of imidazole rings is 1. The molecule has 0 spiro atoms. The molecule has 0 bridgehead atoms. The molecule has 214 valence electrons. The summed E-state index contributed by atoms with van der Waals surface area (Å²) in [6.45, 7) is 1.81. The molecule has 0 fully saturated rings. The summed E-state index contributed by atoms with van der Waals surface area (Å²) in [6.07, 6.45) is 1.60. The van der Waals surface area contributed by atoms with Gasteiger partial charge in [0.2, 0.25) is 0 Å². The van der Waals surface area contributed by atoms with E-state index in [1.807, 2.05) is 6.92 Å². The van der Waals surface area contributed by atoms with Crippen LogP contribution in [0.5, 0.6) is 0 Å². The van der Waals surface area contributed by atoms with E-state index >= 15 is 0 Å². The molecule has 0 radical (unpaired) electrons. The van der Waals surface area contributed by atoms with Gasteiger partial charge in [-0.2, -0.15) is 0 Å². The van der Waals surface area contributed by atoms with Crippen molar-refractivity contribution < 1.29 is 23.5 Å². The maximum atomic E-state index is 14.0. The number of aromatic amines is 1. The summed E-state index contributed by atoms with van der Waals surface area (Å²) in [5.41, 5.74) is 1.90. The fourth-order valence-electron chi connectivity index (χ4n) is 5.07. The van der Waals surface area contributed by atoms with Crippen molar-refractivity contribution in [3.05, 3.63) is 98.8 Å². The summed E-state index contributed by atoms with van der Waals surface area (Å²) >= 11 is 5.91. The molecule has 42 heavy (non-hydrogen) atoms. The molecule has 1 atom stereocenters. The Morgan fingerprint density at radius 2 is 1.88 bits per heavy atom. The number of nitrogens with one attached hydrogen (secondary N) is 1. The van der Waals surface area contributed by atoms with E-state index < -0.39 is 23.2 Å². The quantitative estimate of drug-likeness (QED) is 0.212. The number of oxime groups is 1. The van der Waals surface area contributed by atoms with Crippen LogP contribution in [-0.2, 0) is 21.7 Å². The Hall–Kier alpha value is -4.64. The van der Waals surface area contributed by atoms with E-state index in [1.165, 1.54) is 41.0 Å².